The van der Waals surface area contributed by atoms with Crippen LogP contribution in [0.4, 0.5) is 0 Å². The number of rotatable bonds is 14. The molecule has 0 rings (SSSR count). The van der Waals surface area contributed by atoms with E-state index in [1.165, 1.54) is 63.5 Å². The van der Waals surface area contributed by atoms with E-state index in [0.717, 1.165) is 12.2 Å². The minimum atomic E-state index is -1.14. The molecule has 0 saturated carbocycles. The average molecular weight is 636 g/mol. The molecule has 0 unspecified atom stereocenters. The van der Waals surface area contributed by atoms with Gasteiger partial charge in [0, 0.05) is 0 Å². The molecule has 0 bridgehead atoms. The molecule has 6 heteroatoms. The zero-order valence-electron chi connectivity index (χ0n) is 20.4. The molecule has 0 heterocycles. The fraction of sp³-hybridized carbons (Fsp3) is 0.750. The monoisotopic (exact) mass is 638 g/mol. The molecular formula is C24H46O4Sn2+2. The van der Waals surface area contributed by atoms with Crippen molar-refractivity contribution in [2.45, 2.75) is 111 Å². The Bertz CT molecular complexity index is 335. The van der Waals surface area contributed by atoms with Crippen LogP contribution in [-0.4, -0.2) is 54.2 Å². The van der Waals surface area contributed by atoms with Crippen LogP contribution in [0.2, 0.25) is 17.7 Å². The Morgan fingerprint density at radius 2 is 0.833 bits per heavy atom. The first-order chi connectivity index (χ1) is 14.4. The summed E-state index contributed by atoms with van der Waals surface area (Å²) in [4.78, 5) is 18.8. The second-order valence-corrected chi connectivity index (χ2v) is 15.1. The number of unbranched alkanes of at least 4 members (excludes halogenated alkanes) is 4. The molecule has 0 fully saturated rings. The van der Waals surface area contributed by atoms with Crippen molar-refractivity contribution < 1.29 is 19.8 Å². The topological polar surface area (TPSA) is 80.3 Å². The van der Waals surface area contributed by atoms with Crippen molar-refractivity contribution in [2.75, 3.05) is 0 Å². The van der Waals surface area contributed by atoms with E-state index in [1.54, 1.807) is 31.6 Å². The molecule has 30 heavy (non-hydrogen) atoms. The quantitative estimate of drug-likeness (QED) is 0.155. The summed E-state index contributed by atoms with van der Waals surface area (Å²) in [5.74, 6) is -2.28. The van der Waals surface area contributed by atoms with Crippen molar-refractivity contribution in [3.05, 3.63) is 24.3 Å². The Kier molecular flexibility index (Phi) is 49.1. The Morgan fingerprint density at radius 3 is 0.933 bits per heavy atom. The van der Waals surface area contributed by atoms with E-state index < -0.39 is 11.9 Å². The van der Waals surface area contributed by atoms with Crippen LogP contribution in [0.3, 0.4) is 0 Å². The van der Waals surface area contributed by atoms with Crippen molar-refractivity contribution in [2.24, 2.45) is 0 Å². The Hall–Kier alpha value is 0.0174. The molecule has 0 radical (unpaired) electrons. The van der Waals surface area contributed by atoms with Crippen LogP contribution in [-0.2, 0) is 9.59 Å². The van der Waals surface area contributed by atoms with Crippen LogP contribution in [0.15, 0.2) is 24.3 Å². The third kappa shape index (κ3) is 63.0. The molecular weight excluding hydrogens is 590 g/mol. The maximum atomic E-state index is 9.40. The van der Waals surface area contributed by atoms with Gasteiger partial charge in [-0.3, -0.25) is 0 Å². The summed E-state index contributed by atoms with van der Waals surface area (Å²) in [5, 5.41) is 18.8. The number of carboxylic acid groups (broad SMARTS) is 2. The fourth-order valence-corrected chi connectivity index (χ4v) is 10.0. The number of hydrogen-bond acceptors (Lipinski definition) is 4. The summed E-state index contributed by atoms with van der Waals surface area (Å²) in [6.07, 6.45) is 16.4. The van der Waals surface area contributed by atoms with Crippen molar-refractivity contribution in [3.8, 4) is 0 Å². The van der Waals surface area contributed by atoms with E-state index in [0.29, 0.717) is 0 Å². The van der Waals surface area contributed by atoms with Crippen LogP contribution >= 0.6 is 0 Å². The predicted molar refractivity (Wildman–Crippen MR) is 130 cm³/mol. The van der Waals surface area contributed by atoms with E-state index in [1.807, 2.05) is 0 Å². The van der Waals surface area contributed by atoms with Gasteiger partial charge in [0.15, 0.2) is 0 Å². The number of hydrogen-bond donors (Lipinski definition) is 0. The van der Waals surface area contributed by atoms with Gasteiger partial charge in [0.05, 0.1) is 11.9 Å². The maximum absolute atomic E-state index is 9.40. The molecule has 0 aromatic rings. The zero-order chi connectivity index (χ0) is 23.9. The minimum absolute atomic E-state index is 0.149. The molecule has 0 aromatic heterocycles. The molecule has 0 spiro atoms. The van der Waals surface area contributed by atoms with Gasteiger partial charge in [-0.05, 0) is 26.0 Å². The van der Waals surface area contributed by atoms with Gasteiger partial charge in [0.2, 0.25) is 0 Å². The van der Waals surface area contributed by atoms with Crippen molar-refractivity contribution in [3.63, 3.8) is 0 Å². The number of aliphatic carboxylic acids is 2. The standard InChI is InChI=1S/2C4H6O2.4C4H9.2Sn/c2*1-2-3-4(5)6;4*1-3-4-2;;/h2*2-3H,1H3,(H,5,6);4*1,3-4H2,2H3;;/q;;;;;;2*+2/p-2/b2*3-2+;;;;;;. The Balaban J connectivity index is -0.000000153. The Labute approximate surface area is 207 Å². The summed E-state index contributed by atoms with van der Waals surface area (Å²) in [5.41, 5.74) is 0. The second kappa shape index (κ2) is 39.5. The van der Waals surface area contributed by atoms with Crippen LogP contribution < -0.4 is 10.2 Å². The van der Waals surface area contributed by atoms with E-state index in [2.05, 4.69) is 27.7 Å². The fourth-order valence-electron chi connectivity index (χ4n) is 1.73. The molecule has 0 aliphatic heterocycles. The molecule has 0 saturated heterocycles. The number of carbonyl (C=O) groups is 2. The van der Waals surface area contributed by atoms with Crippen LogP contribution in [0, 0.1) is 0 Å². The predicted octanol–water partition coefficient (Wildman–Crippen LogP) is 4.88. The summed E-state index contributed by atoms with van der Waals surface area (Å²) in [6.45, 7) is 12.4. The molecule has 4 nitrogen and oxygen atoms in total. The summed E-state index contributed by atoms with van der Waals surface area (Å²) in [7, 11) is 0. The molecule has 0 amide bonds. The zero-order valence-corrected chi connectivity index (χ0v) is 26.1. The number of carbonyl (C=O) groups excluding carboxylic acids is 2. The third-order valence-corrected chi connectivity index (χ3v) is 11.5. The van der Waals surface area contributed by atoms with Crippen LogP contribution in [0.1, 0.15) is 92.9 Å². The molecule has 0 N–H and O–H groups in total. The Morgan fingerprint density at radius 1 is 0.600 bits per heavy atom. The molecule has 172 valence electrons. The first-order valence-corrected chi connectivity index (χ1v) is 19.5. The van der Waals surface area contributed by atoms with Gasteiger partial charge in [0.25, 0.3) is 0 Å². The van der Waals surface area contributed by atoms with E-state index in [-0.39, 0.29) is 42.3 Å². The van der Waals surface area contributed by atoms with Gasteiger partial charge in [-0.15, -0.1) is 0 Å². The van der Waals surface area contributed by atoms with Crippen molar-refractivity contribution in [1.82, 2.24) is 0 Å². The van der Waals surface area contributed by atoms with E-state index >= 15 is 0 Å². The van der Waals surface area contributed by atoms with Crippen LogP contribution in [0.5, 0.6) is 0 Å². The molecule has 0 aromatic carbocycles. The summed E-state index contributed by atoms with van der Waals surface area (Å²) >= 11 is 0.299. The first kappa shape index (κ1) is 37.3. The van der Waals surface area contributed by atoms with Crippen molar-refractivity contribution >= 4 is 54.2 Å². The normalized spacial score (nSPS) is 9.27. The van der Waals surface area contributed by atoms with Crippen molar-refractivity contribution in [1.29, 1.82) is 0 Å². The SMILES string of the molecule is C/C=C/C(=O)[O-].C/C=C/C(=O)[O-].CCC[CH2][Sn+2][CH2]CCC.CCC[CH2][Sn+2][CH2]CCC. The molecule has 0 aliphatic rings. The van der Waals surface area contributed by atoms with E-state index in [4.69, 9.17) is 0 Å². The van der Waals surface area contributed by atoms with E-state index in [9.17, 15) is 19.8 Å². The number of carboxylic acids is 2. The number of allylic oxidation sites excluding steroid dienone is 2. The third-order valence-electron chi connectivity index (χ3n) is 3.43. The van der Waals surface area contributed by atoms with Gasteiger partial charge in [-0.25, -0.2) is 0 Å². The first-order valence-electron chi connectivity index (χ1n) is 11.5. The van der Waals surface area contributed by atoms with Crippen LogP contribution in [0.25, 0.3) is 0 Å². The molecule has 0 aliphatic carbocycles. The van der Waals surface area contributed by atoms with Gasteiger partial charge in [-0.1, -0.05) is 12.2 Å². The van der Waals surface area contributed by atoms with Gasteiger partial charge >= 0.3 is 139 Å². The van der Waals surface area contributed by atoms with Gasteiger partial charge < -0.3 is 19.8 Å². The summed E-state index contributed by atoms with van der Waals surface area (Å²) in [6, 6.07) is 0. The van der Waals surface area contributed by atoms with Gasteiger partial charge in [0.1, 0.15) is 0 Å². The second-order valence-electron chi connectivity index (χ2n) is 6.55. The average Bonchev–Trinajstić information content (AvgIpc) is 2.69. The van der Waals surface area contributed by atoms with Gasteiger partial charge in [-0.2, -0.15) is 0 Å². The molecule has 0 atom stereocenters. The summed E-state index contributed by atoms with van der Waals surface area (Å²) < 4.78 is 6.50.